The van der Waals surface area contributed by atoms with Crippen LogP contribution >= 0.6 is 11.6 Å². The first-order chi connectivity index (χ1) is 6.81. The van der Waals surface area contributed by atoms with E-state index in [0.29, 0.717) is 10.6 Å². The predicted molar refractivity (Wildman–Crippen MR) is 58.3 cm³/mol. The highest BCUT2D eigenvalue weighted by atomic mass is 35.5. The van der Waals surface area contributed by atoms with Crippen LogP contribution in [0.2, 0.25) is 5.02 Å². The first-order valence-electron chi connectivity index (χ1n) is 4.23. The third-order valence-electron chi connectivity index (χ3n) is 2.33. The molecule has 0 saturated carbocycles. The second kappa shape index (κ2) is 4.09. The topological polar surface area (TPSA) is 66.4 Å². The smallest absolute Gasteiger partial charge is 0.242 e. The SMILES string of the molecule is CC(C)(c1ccc(Cl)cc1)S(=O)(=O)NO. The molecule has 0 heterocycles. The van der Waals surface area contributed by atoms with Gasteiger partial charge in [-0.15, -0.1) is 0 Å². The van der Waals surface area contributed by atoms with Gasteiger partial charge in [-0.1, -0.05) is 28.6 Å². The van der Waals surface area contributed by atoms with Gasteiger partial charge >= 0.3 is 0 Å². The molecule has 15 heavy (non-hydrogen) atoms. The van der Waals surface area contributed by atoms with Crippen LogP contribution in [0.3, 0.4) is 0 Å². The summed E-state index contributed by atoms with van der Waals surface area (Å²) >= 11 is 5.70. The first kappa shape index (κ1) is 12.4. The maximum Gasteiger partial charge on any atom is 0.242 e. The van der Waals surface area contributed by atoms with Gasteiger partial charge in [-0.05, 0) is 31.5 Å². The molecule has 0 saturated heterocycles. The molecule has 0 aromatic heterocycles. The standard InChI is InChI=1S/C9H12ClNO3S/c1-9(2,15(13,14)11-12)7-3-5-8(10)6-4-7/h3-6,11-12H,1-2H3. The van der Waals surface area contributed by atoms with Crippen LogP contribution in [0, 0.1) is 0 Å². The number of hydrogen-bond acceptors (Lipinski definition) is 3. The quantitative estimate of drug-likeness (QED) is 0.804. The molecule has 6 heteroatoms. The number of benzene rings is 1. The summed E-state index contributed by atoms with van der Waals surface area (Å²) in [4.78, 5) is 1.33. The van der Waals surface area contributed by atoms with E-state index in [2.05, 4.69) is 0 Å². The Morgan fingerprint density at radius 3 is 2.13 bits per heavy atom. The first-order valence-corrected chi connectivity index (χ1v) is 6.09. The van der Waals surface area contributed by atoms with E-state index in [4.69, 9.17) is 16.8 Å². The molecule has 0 amide bonds. The molecule has 0 aliphatic rings. The van der Waals surface area contributed by atoms with Gasteiger partial charge in [-0.3, -0.25) is 0 Å². The minimum absolute atomic E-state index is 0.531. The van der Waals surface area contributed by atoms with Crippen LogP contribution in [0.1, 0.15) is 19.4 Å². The summed E-state index contributed by atoms with van der Waals surface area (Å²) in [5.74, 6) is 0. The third kappa shape index (κ3) is 2.31. The van der Waals surface area contributed by atoms with E-state index in [1.807, 2.05) is 0 Å². The van der Waals surface area contributed by atoms with Crippen molar-refractivity contribution in [3.8, 4) is 0 Å². The molecular formula is C9H12ClNO3S. The van der Waals surface area contributed by atoms with Gasteiger partial charge in [-0.2, -0.15) is 0 Å². The van der Waals surface area contributed by atoms with E-state index in [1.165, 1.54) is 18.7 Å². The summed E-state index contributed by atoms with van der Waals surface area (Å²) in [5.41, 5.74) is 0.549. The number of nitrogens with one attached hydrogen (secondary N) is 1. The molecule has 0 atom stereocenters. The highest BCUT2D eigenvalue weighted by Crippen LogP contribution is 2.29. The molecular weight excluding hydrogens is 238 g/mol. The van der Waals surface area contributed by atoms with E-state index in [9.17, 15) is 8.42 Å². The highest BCUT2D eigenvalue weighted by Gasteiger charge is 2.35. The molecule has 1 rings (SSSR count). The Morgan fingerprint density at radius 1 is 1.27 bits per heavy atom. The van der Waals surface area contributed by atoms with Crippen LogP contribution in [0.25, 0.3) is 0 Å². The molecule has 0 fully saturated rings. The van der Waals surface area contributed by atoms with E-state index in [0.717, 1.165) is 0 Å². The maximum atomic E-state index is 11.5. The predicted octanol–water partition coefficient (Wildman–Crippen LogP) is 1.88. The molecule has 0 aliphatic heterocycles. The highest BCUT2D eigenvalue weighted by molar-refractivity contribution is 7.90. The lowest BCUT2D eigenvalue weighted by atomic mass is 10.0. The van der Waals surface area contributed by atoms with Gasteiger partial charge in [0, 0.05) is 5.02 Å². The van der Waals surface area contributed by atoms with E-state index in [1.54, 1.807) is 24.3 Å². The van der Waals surface area contributed by atoms with Gasteiger partial charge in [0.2, 0.25) is 10.0 Å². The molecule has 0 spiro atoms. The van der Waals surface area contributed by atoms with Crippen molar-refractivity contribution in [1.29, 1.82) is 0 Å². The number of hydrogen-bond donors (Lipinski definition) is 2. The van der Waals surface area contributed by atoms with Gasteiger partial charge in [-0.25, -0.2) is 8.42 Å². The van der Waals surface area contributed by atoms with Crippen LogP contribution in [-0.4, -0.2) is 13.6 Å². The average Bonchev–Trinajstić information content (AvgIpc) is 2.18. The summed E-state index contributed by atoms with van der Waals surface area (Å²) in [5, 5.41) is 9.11. The second-order valence-corrected chi connectivity index (χ2v) is 6.26. The van der Waals surface area contributed by atoms with Crippen LogP contribution in [0.4, 0.5) is 0 Å². The van der Waals surface area contributed by atoms with Crippen LogP contribution in [-0.2, 0) is 14.8 Å². The third-order valence-corrected chi connectivity index (χ3v) is 4.40. The Hall–Kier alpha value is -0.620. The molecule has 1 aromatic carbocycles. The Bertz CT molecular complexity index is 439. The van der Waals surface area contributed by atoms with Gasteiger partial charge in [0.05, 0.1) is 0 Å². The Balaban J connectivity index is 3.23. The zero-order valence-electron chi connectivity index (χ0n) is 8.36. The zero-order valence-corrected chi connectivity index (χ0v) is 9.93. The van der Waals surface area contributed by atoms with Crippen molar-refractivity contribution < 1.29 is 13.6 Å². The zero-order chi connectivity index (χ0) is 11.7. The maximum absolute atomic E-state index is 11.5. The van der Waals surface area contributed by atoms with Crippen LogP contribution < -0.4 is 4.89 Å². The summed E-state index contributed by atoms with van der Waals surface area (Å²) in [6, 6.07) is 6.42. The van der Waals surface area contributed by atoms with E-state index in [-0.39, 0.29) is 0 Å². The molecule has 84 valence electrons. The molecule has 4 nitrogen and oxygen atoms in total. The van der Waals surface area contributed by atoms with Crippen molar-refractivity contribution in [2.45, 2.75) is 18.6 Å². The minimum Gasteiger partial charge on any atom is -0.302 e. The summed E-state index contributed by atoms with van der Waals surface area (Å²) < 4.78 is 21.8. The van der Waals surface area contributed by atoms with Crippen molar-refractivity contribution in [1.82, 2.24) is 4.89 Å². The van der Waals surface area contributed by atoms with Crippen molar-refractivity contribution in [2.24, 2.45) is 0 Å². The van der Waals surface area contributed by atoms with Crippen LogP contribution in [0.5, 0.6) is 0 Å². The van der Waals surface area contributed by atoms with Gasteiger partial charge in [0.15, 0.2) is 0 Å². The lowest BCUT2D eigenvalue weighted by Gasteiger charge is -2.23. The fourth-order valence-electron chi connectivity index (χ4n) is 1.12. The van der Waals surface area contributed by atoms with E-state index >= 15 is 0 Å². The number of rotatable bonds is 3. The summed E-state index contributed by atoms with van der Waals surface area (Å²) in [6.45, 7) is 2.99. The monoisotopic (exact) mass is 249 g/mol. The molecule has 0 radical (unpaired) electrons. The Morgan fingerprint density at radius 2 is 1.73 bits per heavy atom. The molecule has 0 aliphatic carbocycles. The van der Waals surface area contributed by atoms with Gasteiger partial charge < -0.3 is 5.21 Å². The summed E-state index contributed by atoms with van der Waals surface area (Å²) in [7, 11) is -3.80. The summed E-state index contributed by atoms with van der Waals surface area (Å²) in [6.07, 6.45) is 0. The molecule has 2 N–H and O–H groups in total. The lowest BCUT2D eigenvalue weighted by Crippen LogP contribution is -2.37. The van der Waals surface area contributed by atoms with Crippen molar-refractivity contribution >= 4 is 21.6 Å². The number of sulfonamides is 1. The minimum atomic E-state index is -3.80. The van der Waals surface area contributed by atoms with Gasteiger partial charge in [0.25, 0.3) is 0 Å². The van der Waals surface area contributed by atoms with Crippen molar-refractivity contribution in [3.05, 3.63) is 34.9 Å². The molecule has 1 aromatic rings. The van der Waals surface area contributed by atoms with E-state index < -0.39 is 14.8 Å². The molecule has 0 unspecified atom stereocenters. The lowest BCUT2D eigenvalue weighted by molar-refractivity contribution is 0.238. The fourth-order valence-corrected chi connectivity index (χ4v) is 1.92. The molecule has 0 bridgehead atoms. The van der Waals surface area contributed by atoms with Crippen LogP contribution in [0.15, 0.2) is 24.3 Å². The average molecular weight is 250 g/mol. The van der Waals surface area contributed by atoms with Crippen molar-refractivity contribution in [2.75, 3.05) is 0 Å². The van der Waals surface area contributed by atoms with Gasteiger partial charge in [0.1, 0.15) is 4.75 Å². The Kier molecular flexibility index (Phi) is 3.40. The van der Waals surface area contributed by atoms with Crippen molar-refractivity contribution in [3.63, 3.8) is 0 Å². The number of halogens is 1. The Labute approximate surface area is 93.9 Å². The normalized spacial score (nSPS) is 12.8. The largest absolute Gasteiger partial charge is 0.302 e. The fraction of sp³-hybridized carbons (Fsp3) is 0.333. The second-order valence-electron chi connectivity index (χ2n) is 3.61.